The summed E-state index contributed by atoms with van der Waals surface area (Å²) in [6.07, 6.45) is 2.38. The van der Waals surface area contributed by atoms with Gasteiger partial charge in [-0.2, -0.15) is 0 Å². The number of hydrogen-bond donors (Lipinski definition) is 2. The summed E-state index contributed by atoms with van der Waals surface area (Å²) in [6.45, 7) is 2.30. The number of aromatic nitrogens is 2. The minimum atomic E-state index is -0.820. The summed E-state index contributed by atoms with van der Waals surface area (Å²) < 4.78 is 0. The first kappa shape index (κ1) is 13.6. The molecule has 2 aromatic rings. The van der Waals surface area contributed by atoms with Crippen molar-refractivity contribution in [1.82, 2.24) is 9.97 Å². The molecule has 6 nitrogen and oxygen atoms in total. The van der Waals surface area contributed by atoms with E-state index in [2.05, 4.69) is 15.2 Å². The van der Waals surface area contributed by atoms with Crippen molar-refractivity contribution in [3.05, 3.63) is 24.3 Å². The zero-order valence-electron chi connectivity index (χ0n) is 11.7. The van der Waals surface area contributed by atoms with Crippen molar-refractivity contribution in [2.75, 3.05) is 29.9 Å². The largest absolute Gasteiger partial charge is 0.481 e. The van der Waals surface area contributed by atoms with Crippen molar-refractivity contribution < 1.29 is 9.90 Å². The maximum atomic E-state index is 10.7. The van der Waals surface area contributed by atoms with E-state index in [1.165, 1.54) is 0 Å². The van der Waals surface area contributed by atoms with Crippen molar-refractivity contribution in [2.45, 2.75) is 19.3 Å². The molecule has 0 spiro atoms. The predicted octanol–water partition coefficient (Wildman–Crippen LogP) is 2.12. The molecule has 0 atom stereocenters. The molecular formula is C15H18N4O2. The van der Waals surface area contributed by atoms with E-state index in [1.807, 2.05) is 24.3 Å². The standard InChI is InChI=1S/C15H18N4O2/c20-13(21)7-8-16-14-15(19-9-3-4-10-19)18-12-6-2-1-5-11(12)17-14/h1-2,5-6H,3-4,7-10H2,(H,16,17)(H,20,21). The highest BCUT2D eigenvalue weighted by atomic mass is 16.4. The van der Waals surface area contributed by atoms with Gasteiger partial charge in [0.05, 0.1) is 17.5 Å². The lowest BCUT2D eigenvalue weighted by atomic mass is 10.3. The van der Waals surface area contributed by atoms with Crippen LogP contribution in [0.2, 0.25) is 0 Å². The number of aliphatic carboxylic acids is 1. The van der Waals surface area contributed by atoms with Crippen LogP contribution < -0.4 is 10.2 Å². The van der Waals surface area contributed by atoms with Crippen LogP contribution in [0.3, 0.4) is 0 Å². The molecule has 2 heterocycles. The van der Waals surface area contributed by atoms with Crippen LogP contribution >= 0.6 is 0 Å². The van der Waals surface area contributed by atoms with Crippen molar-refractivity contribution in [2.24, 2.45) is 0 Å². The molecular weight excluding hydrogens is 268 g/mol. The van der Waals surface area contributed by atoms with Crippen LogP contribution in [0.15, 0.2) is 24.3 Å². The van der Waals surface area contributed by atoms with Gasteiger partial charge in [0.1, 0.15) is 0 Å². The molecule has 110 valence electrons. The van der Waals surface area contributed by atoms with Crippen molar-refractivity contribution in [1.29, 1.82) is 0 Å². The lowest BCUT2D eigenvalue weighted by molar-refractivity contribution is -0.136. The predicted molar refractivity (Wildman–Crippen MR) is 81.7 cm³/mol. The molecule has 0 aliphatic carbocycles. The fraction of sp³-hybridized carbons (Fsp3) is 0.400. The average molecular weight is 286 g/mol. The Morgan fingerprint density at radius 1 is 1.19 bits per heavy atom. The number of fused-ring (bicyclic) bond motifs is 1. The number of benzene rings is 1. The first-order valence-electron chi connectivity index (χ1n) is 7.21. The van der Waals surface area contributed by atoms with E-state index in [-0.39, 0.29) is 6.42 Å². The summed E-state index contributed by atoms with van der Waals surface area (Å²) in [6, 6.07) is 7.73. The molecule has 1 aliphatic rings. The minimum absolute atomic E-state index is 0.0634. The van der Waals surface area contributed by atoms with Gasteiger partial charge in [-0.05, 0) is 25.0 Å². The maximum Gasteiger partial charge on any atom is 0.305 e. The first-order chi connectivity index (χ1) is 10.2. The van der Waals surface area contributed by atoms with Gasteiger partial charge < -0.3 is 15.3 Å². The second-order valence-corrected chi connectivity index (χ2v) is 5.15. The van der Waals surface area contributed by atoms with Crippen molar-refractivity contribution >= 4 is 28.6 Å². The molecule has 2 N–H and O–H groups in total. The highest BCUT2D eigenvalue weighted by molar-refractivity contribution is 5.80. The summed E-state index contributed by atoms with van der Waals surface area (Å²) in [5.41, 5.74) is 1.68. The van der Waals surface area contributed by atoms with E-state index in [9.17, 15) is 4.79 Å². The summed E-state index contributed by atoms with van der Waals surface area (Å²) >= 11 is 0. The third-order valence-corrected chi connectivity index (χ3v) is 3.59. The number of carboxylic acids is 1. The molecule has 1 fully saturated rings. The zero-order chi connectivity index (χ0) is 14.7. The third kappa shape index (κ3) is 3.04. The second kappa shape index (κ2) is 5.95. The molecule has 1 saturated heterocycles. The Kier molecular flexibility index (Phi) is 3.85. The van der Waals surface area contributed by atoms with Gasteiger partial charge >= 0.3 is 5.97 Å². The van der Waals surface area contributed by atoms with Gasteiger partial charge in [-0.1, -0.05) is 12.1 Å². The number of anilines is 2. The molecule has 6 heteroatoms. The molecule has 3 rings (SSSR count). The second-order valence-electron chi connectivity index (χ2n) is 5.15. The number of carbonyl (C=O) groups is 1. The van der Waals surface area contributed by atoms with E-state index in [1.54, 1.807) is 0 Å². The maximum absolute atomic E-state index is 10.7. The monoisotopic (exact) mass is 286 g/mol. The van der Waals surface area contributed by atoms with Crippen molar-refractivity contribution in [3.8, 4) is 0 Å². The van der Waals surface area contributed by atoms with E-state index in [0.717, 1.165) is 42.8 Å². The fourth-order valence-electron chi connectivity index (χ4n) is 2.55. The Hall–Kier alpha value is -2.37. The highest BCUT2D eigenvalue weighted by Gasteiger charge is 2.19. The fourth-order valence-corrected chi connectivity index (χ4v) is 2.55. The molecule has 1 aromatic heterocycles. The smallest absolute Gasteiger partial charge is 0.305 e. The van der Waals surface area contributed by atoms with Crippen LogP contribution in [0.1, 0.15) is 19.3 Å². The molecule has 21 heavy (non-hydrogen) atoms. The molecule has 1 aliphatic heterocycles. The topological polar surface area (TPSA) is 78.3 Å². The first-order valence-corrected chi connectivity index (χ1v) is 7.21. The molecule has 0 radical (unpaired) electrons. The summed E-state index contributed by atoms with van der Waals surface area (Å²) in [5.74, 6) is 0.687. The molecule has 0 bridgehead atoms. The highest BCUT2D eigenvalue weighted by Crippen LogP contribution is 2.27. The molecule has 1 aromatic carbocycles. The average Bonchev–Trinajstić information content (AvgIpc) is 3.00. The summed E-state index contributed by atoms with van der Waals surface area (Å²) in [7, 11) is 0. The van der Waals surface area contributed by atoms with E-state index < -0.39 is 5.97 Å². The summed E-state index contributed by atoms with van der Waals surface area (Å²) in [4.78, 5) is 22.2. The van der Waals surface area contributed by atoms with Gasteiger partial charge in [0, 0.05) is 19.6 Å². The number of nitrogens with zero attached hydrogens (tertiary/aromatic N) is 3. The van der Waals surface area contributed by atoms with E-state index >= 15 is 0 Å². The van der Waals surface area contributed by atoms with E-state index in [4.69, 9.17) is 10.1 Å². The number of nitrogens with one attached hydrogen (secondary N) is 1. The van der Waals surface area contributed by atoms with Crippen LogP contribution in [0.4, 0.5) is 11.6 Å². The molecule has 0 unspecified atom stereocenters. The number of para-hydroxylation sites is 2. The lowest BCUT2D eigenvalue weighted by Gasteiger charge is -2.20. The quantitative estimate of drug-likeness (QED) is 0.876. The van der Waals surface area contributed by atoms with Gasteiger partial charge in [-0.3, -0.25) is 4.79 Å². The minimum Gasteiger partial charge on any atom is -0.481 e. The van der Waals surface area contributed by atoms with Crippen LogP contribution in [-0.2, 0) is 4.79 Å². The SMILES string of the molecule is O=C(O)CCNc1nc2ccccc2nc1N1CCCC1. The third-order valence-electron chi connectivity index (χ3n) is 3.59. The number of rotatable bonds is 5. The number of hydrogen-bond acceptors (Lipinski definition) is 5. The Labute approximate surface area is 122 Å². The van der Waals surface area contributed by atoms with Crippen LogP contribution in [0, 0.1) is 0 Å². The van der Waals surface area contributed by atoms with Crippen molar-refractivity contribution in [3.63, 3.8) is 0 Å². The van der Waals surface area contributed by atoms with Crippen LogP contribution in [0.5, 0.6) is 0 Å². The van der Waals surface area contributed by atoms with Gasteiger partial charge in [-0.15, -0.1) is 0 Å². The Morgan fingerprint density at radius 2 is 1.86 bits per heavy atom. The van der Waals surface area contributed by atoms with Crippen LogP contribution in [0.25, 0.3) is 11.0 Å². The normalized spacial score (nSPS) is 14.6. The molecule has 0 amide bonds. The Balaban J connectivity index is 1.93. The Bertz CT molecular complexity index is 653. The van der Waals surface area contributed by atoms with Gasteiger partial charge in [0.2, 0.25) is 0 Å². The van der Waals surface area contributed by atoms with E-state index in [0.29, 0.717) is 12.4 Å². The summed E-state index contributed by atoms with van der Waals surface area (Å²) in [5, 5.41) is 11.9. The van der Waals surface area contributed by atoms with Gasteiger partial charge in [0.15, 0.2) is 11.6 Å². The molecule has 0 saturated carbocycles. The van der Waals surface area contributed by atoms with Crippen LogP contribution in [-0.4, -0.2) is 40.7 Å². The van der Waals surface area contributed by atoms with Gasteiger partial charge in [-0.25, -0.2) is 9.97 Å². The lowest BCUT2D eigenvalue weighted by Crippen LogP contribution is -2.22. The Morgan fingerprint density at radius 3 is 2.52 bits per heavy atom. The zero-order valence-corrected chi connectivity index (χ0v) is 11.7. The number of carboxylic acid groups (broad SMARTS) is 1. The van der Waals surface area contributed by atoms with Gasteiger partial charge in [0.25, 0.3) is 0 Å².